The summed E-state index contributed by atoms with van der Waals surface area (Å²) in [5, 5.41) is 5.79. The number of furan rings is 1. The number of carbonyl (C=O) groups is 2. The second kappa shape index (κ2) is 5.60. The van der Waals surface area contributed by atoms with E-state index in [1.165, 1.54) is 0 Å². The van der Waals surface area contributed by atoms with E-state index in [1.54, 1.807) is 6.92 Å². The minimum absolute atomic E-state index is 0.0268. The number of alkyl halides is 1. The van der Waals surface area contributed by atoms with E-state index >= 15 is 0 Å². The highest BCUT2D eigenvalue weighted by atomic mass is 19.1. The third-order valence-corrected chi connectivity index (χ3v) is 4.15. The molecule has 21 heavy (non-hydrogen) atoms. The van der Waals surface area contributed by atoms with Crippen molar-refractivity contribution in [1.29, 1.82) is 0 Å². The van der Waals surface area contributed by atoms with E-state index in [9.17, 15) is 14.0 Å². The Morgan fingerprint density at radius 1 is 1.48 bits per heavy atom. The molecule has 1 aromatic rings. The van der Waals surface area contributed by atoms with Crippen molar-refractivity contribution < 1.29 is 18.4 Å². The predicted molar refractivity (Wildman–Crippen MR) is 74.4 cm³/mol. The minimum atomic E-state index is -0.850. The van der Waals surface area contributed by atoms with Crippen LogP contribution >= 0.6 is 0 Å². The Bertz CT molecular complexity index is 582. The van der Waals surface area contributed by atoms with Crippen LogP contribution in [0.1, 0.15) is 51.5 Å². The number of ketones is 1. The van der Waals surface area contributed by atoms with E-state index < -0.39 is 6.17 Å². The van der Waals surface area contributed by atoms with Gasteiger partial charge < -0.3 is 15.1 Å². The number of rotatable bonds is 3. The molecule has 1 amide bonds. The maximum atomic E-state index is 13.1. The molecule has 0 bridgehead atoms. The number of amides is 1. The van der Waals surface area contributed by atoms with Gasteiger partial charge in [-0.3, -0.25) is 9.59 Å². The lowest BCUT2D eigenvalue weighted by molar-refractivity contribution is 0.0925. The van der Waals surface area contributed by atoms with Gasteiger partial charge >= 0.3 is 0 Å². The summed E-state index contributed by atoms with van der Waals surface area (Å²) in [7, 11) is 0. The topological polar surface area (TPSA) is 71.3 Å². The van der Waals surface area contributed by atoms with Gasteiger partial charge in [0.05, 0.1) is 11.1 Å². The third kappa shape index (κ3) is 2.72. The molecular weight excluding hydrogens is 275 g/mol. The molecule has 6 heteroatoms. The molecule has 0 aromatic carbocycles. The van der Waals surface area contributed by atoms with Crippen molar-refractivity contribution in [3.05, 3.63) is 22.6 Å². The van der Waals surface area contributed by atoms with E-state index in [0.29, 0.717) is 55.0 Å². The van der Waals surface area contributed by atoms with Crippen molar-refractivity contribution in [1.82, 2.24) is 10.6 Å². The average molecular weight is 294 g/mol. The fourth-order valence-corrected chi connectivity index (χ4v) is 3.11. The van der Waals surface area contributed by atoms with Gasteiger partial charge in [0, 0.05) is 32.0 Å². The zero-order valence-corrected chi connectivity index (χ0v) is 12.0. The number of hydrogen-bond acceptors (Lipinski definition) is 4. The fourth-order valence-electron chi connectivity index (χ4n) is 3.11. The number of carbonyl (C=O) groups excluding carboxylic acids is 2. The number of halogens is 1. The van der Waals surface area contributed by atoms with Gasteiger partial charge in [0.15, 0.2) is 5.78 Å². The lowest BCUT2D eigenvalue weighted by atomic mass is 9.93. The second-order valence-corrected chi connectivity index (χ2v) is 5.76. The Morgan fingerprint density at radius 2 is 2.29 bits per heavy atom. The molecule has 2 heterocycles. The van der Waals surface area contributed by atoms with Crippen molar-refractivity contribution in [2.75, 3.05) is 13.1 Å². The largest absolute Gasteiger partial charge is 0.465 e. The van der Waals surface area contributed by atoms with Crippen LogP contribution in [0.3, 0.4) is 0 Å². The smallest absolute Gasteiger partial charge is 0.255 e. The van der Waals surface area contributed by atoms with Crippen LogP contribution in [-0.2, 0) is 6.42 Å². The zero-order valence-electron chi connectivity index (χ0n) is 12.0. The third-order valence-electron chi connectivity index (χ3n) is 4.15. The molecule has 0 unspecified atom stereocenters. The number of Topliss-reactive ketones (excluding diaryl/α,β-unsaturated/α-hetero) is 1. The van der Waals surface area contributed by atoms with Crippen molar-refractivity contribution in [3.8, 4) is 0 Å². The molecule has 3 rings (SSSR count). The van der Waals surface area contributed by atoms with Gasteiger partial charge in [0.25, 0.3) is 5.91 Å². The minimum Gasteiger partial charge on any atom is -0.465 e. The van der Waals surface area contributed by atoms with Gasteiger partial charge in [-0.1, -0.05) is 0 Å². The van der Waals surface area contributed by atoms with E-state index in [4.69, 9.17) is 4.42 Å². The Balaban J connectivity index is 1.73. The van der Waals surface area contributed by atoms with Gasteiger partial charge in [0.2, 0.25) is 0 Å². The summed E-state index contributed by atoms with van der Waals surface area (Å²) in [6, 6.07) is -0.0531. The molecule has 0 radical (unpaired) electrons. The maximum absolute atomic E-state index is 13.1. The van der Waals surface area contributed by atoms with Crippen LogP contribution < -0.4 is 10.6 Å². The highest BCUT2D eigenvalue weighted by Gasteiger charge is 2.31. The first kappa shape index (κ1) is 14.3. The second-order valence-electron chi connectivity index (χ2n) is 5.76. The first-order valence-corrected chi connectivity index (χ1v) is 7.37. The van der Waals surface area contributed by atoms with Crippen LogP contribution in [-0.4, -0.2) is 37.0 Å². The van der Waals surface area contributed by atoms with Crippen LogP contribution in [0.5, 0.6) is 0 Å². The number of fused-ring (bicyclic) bond motifs is 1. The van der Waals surface area contributed by atoms with Crippen LogP contribution in [0.2, 0.25) is 0 Å². The molecule has 1 fully saturated rings. The van der Waals surface area contributed by atoms with Crippen molar-refractivity contribution in [2.24, 2.45) is 0 Å². The molecule has 1 saturated heterocycles. The normalized spacial score (nSPS) is 25.0. The summed E-state index contributed by atoms with van der Waals surface area (Å²) >= 11 is 0. The van der Waals surface area contributed by atoms with Gasteiger partial charge in [0.1, 0.15) is 17.7 Å². The molecule has 2 aliphatic rings. The Morgan fingerprint density at radius 3 is 3.00 bits per heavy atom. The molecule has 2 atom stereocenters. The van der Waals surface area contributed by atoms with Gasteiger partial charge in [-0.25, -0.2) is 4.39 Å². The summed E-state index contributed by atoms with van der Waals surface area (Å²) < 4.78 is 18.6. The molecule has 0 spiro atoms. The SMILES string of the molecule is Cc1oc2c(c1C(=O)NC[C@@H]1C[C@H](F)CN1)C(=O)CCC2. The Hall–Kier alpha value is -1.69. The average Bonchev–Trinajstić information content (AvgIpc) is 3.00. The van der Waals surface area contributed by atoms with Crippen molar-refractivity contribution in [2.45, 2.75) is 44.8 Å². The number of nitrogens with one attached hydrogen (secondary N) is 2. The molecule has 2 N–H and O–H groups in total. The molecule has 0 saturated carbocycles. The van der Waals surface area contributed by atoms with Crippen LogP contribution in [0.4, 0.5) is 4.39 Å². The summed E-state index contributed by atoms with van der Waals surface area (Å²) in [5.41, 5.74) is 0.795. The lowest BCUT2D eigenvalue weighted by Crippen LogP contribution is -2.37. The van der Waals surface area contributed by atoms with E-state index in [1.807, 2.05) is 0 Å². The van der Waals surface area contributed by atoms with Crippen LogP contribution in [0.25, 0.3) is 0 Å². The first-order valence-electron chi connectivity index (χ1n) is 7.37. The molecule has 1 aliphatic carbocycles. The molecule has 114 valence electrons. The molecule has 1 aliphatic heterocycles. The van der Waals surface area contributed by atoms with Gasteiger partial charge in [-0.2, -0.15) is 0 Å². The summed E-state index contributed by atoms with van der Waals surface area (Å²) in [4.78, 5) is 24.4. The quantitative estimate of drug-likeness (QED) is 0.887. The zero-order chi connectivity index (χ0) is 15.0. The molecule has 5 nitrogen and oxygen atoms in total. The molecular formula is C15H19FN2O3. The van der Waals surface area contributed by atoms with E-state index in [0.717, 1.165) is 6.42 Å². The van der Waals surface area contributed by atoms with E-state index in [2.05, 4.69) is 10.6 Å². The first-order chi connectivity index (χ1) is 10.1. The highest BCUT2D eigenvalue weighted by molar-refractivity contribution is 6.10. The summed E-state index contributed by atoms with van der Waals surface area (Å²) in [6.45, 7) is 2.39. The number of aryl methyl sites for hydroxylation is 2. The van der Waals surface area contributed by atoms with Gasteiger partial charge in [-0.15, -0.1) is 0 Å². The lowest BCUT2D eigenvalue weighted by Gasteiger charge is -2.13. The van der Waals surface area contributed by atoms with Crippen molar-refractivity contribution >= 4 is 11.7 Å². The Kier molecular flexibility index (Phi) is 3.80. The van der Waals surface area contributed by atoms with E-state index in [-0.39, 0.29) is 17.7 Å². The standard InChI is InChI=1S/C15H19FN2O3/c1-8-13(14-11(19)3-2-4-12(14)21-8)15(20)18-7-10-5-9(16)6-17-10/h9-10,17H,2-7H2,1H3,(H,18,20)/t9-,10-/m0/s1. The highest BCUT2D eigenvalue weighted by Crippen LogP contribution is 2.29. The fraction of sp³-hybridized carbons (Fsp3) is 0.600. The summed E-state index contributed by atoms with van der Waals surface area (Å²) in [5.74, 6) is 0.769. The monoisotopic (exact) mass is 294 g/mol. The molecule has 1 aromatic heterocycles. The number of hydrogen-bond donors (Lipinski definition) is 2. The Labute approximate surface area is 122 Å². The summed E-state index contributed by atoms with van der Waals surface area (Å²) in [6.07, 6.45) is 1.48. The maximum Gasteiger partial charge on any atom is 0.255 e. The van der Waals surface area contributed by atoms with Gasteiger partial charge in [-0.05, 0) is 19.8 Å². The van der Waals surface area contributed by atoms with Crippen LogP contribution in [0, 0.1) is 6.92 Å². The van der Waals surface area contributed by atoms with Crippen molar-refractivity contribution in [3.63, 3.8) is 0 Å². The predicted octanol–water partition coefficient (Wildman–Crippen LogP) is 1.54. The van der Waals surface area contributed by atoms with Crippen LogP contribution in [0.15, 0.2) is 4.42 Å².